The van der Waals surface area contributed by atoms with Gasteiger partial charge in [-0.2, -0.15) is 0 Å². The van der Waals surface area contributed by atoms with Crippen LogP contribution in [0.3, 0.4) is 0 Å². The lowest BCUT2D eigenvalue weighted by molar-refractivity contribution is -0.156. The third kappa shape index (κ3) is 7.25. The summed E-state index contributed by atoms with van der Waals surface area (Å²) in [6.07, 6.45) is 6.32. The summed E-state index contributed by atoms with van der Waals surface area (Å²) in [4.78, 5) is 55.0. The summed E-state index contributed by atoms with van der Waals surface area (Å²) in [7, 11) is 1.75. The minimum absolute atomic E-state index is 0.0999. The van der Waals surface area contributed by atoms with Crippen LogP contribution in [0.5, 0.6) is 0 Å². The molecule has 0 radical (unpaired) electrons. The van der Waals surface area contributed by atoms with Crippen LogP contribution in [0.1, 0.15) is 76.3 Å². The van der Waals surface area contributed by atoms with Crippen LogP contribution in [0, 0.1) is 17.3 Å². The van der Waals surface area contributed by atoms with Gasteiger partial charge in [-0.3, -0.25) is 24.4 Å². The second-order valence-electron chi connectivity index (χ2n) is 12.6. The Balaban J connectivity index is 1.39. The molecule has 1 aliphatic carbocycles. The van der Waals surface area contributed by atoms with Crippen molar-refractivity contribution in [1.29, 1.82) is 0 Å². The van der Waals surface area contributed by atoms with Gasteiger partial charge in [-0.05, 0) is 42.7 Å². The van der Waals surface area contributed by atoms with Gasteiger partial charge in [0.2, 0.25) is 24.0 Å². The summed E-state index contributed by atoms with van der Waals surface area (Å²) in [5, 5.41) is 18.0. The standard InChI is InChI=1S/C30H43N5O6/c1-30(2,3)26(31-27(37)21(18-35(40)19-36)17-20-9-5-6-10-20)29(39)33(4)22-13-15-34(16-14-22)28(38)25-23-11-7-8-12-24(23)32-41-25/h7-8,11-12,19-22,26,40H,5-6,9-10,13-18H2,1-4H3,(H,31,37)/t21-,26-/m1/s1. The molecule has 2 N–H and O–H groups in total. The second-order valence-corrected chi connectivity index (χ2v) is 12.6. The molecule has 2 aromatic rings. The summed E-state index contributed by atoms with van der Waals surface area (Å²) >= 11 is 0. The SMILES string of the molecule is CN(C(=O)[C@@H](NC(=O)[C@H](CC1CCCC1)CN(O)C=O)C(C)(C)C)C1CCN(C(=O)c2onc3ccccc23)CC1. The van der Waals surface area contributed by atoms with E-state index in [4.69, 9.17) is 4.52 Å². The Bertz CT molecular complexity index is 1230. The van der Waals surface area contributed by atoms with Crippen LogP contribution in [-0.4, -0.2) is 88.1 Å². The number of nitrogens with one attached hydrogen (secondary N) is 1. The first-order valence-corrected chi connectivity index (χ1v) is 14.6. The number of carbonyl (C=O) groups is 4. The molecule has 0 unspecified atom stereocenters. The van der Waals surface area contributed by atoms with E-state index in [1.54, 1.807) is 22.9 Å². The number of piperidine rings is 1. The molecular weight excluding hydrogens is 526 g/mol. The van der Waals surface area contributed by atoms with Crippen LogP contribution >= 0.6 is 0 Å². The van der Waals surface area contributed by atoms with Crippen molar-refractivity contribution in [3.8, 4) is 0 Å². The fraction of sp³-hybridized carbons (Fsp3) is 0.633. The first kappa shape index (κ1) is 30.5. The number of fused-ring (bicyclic) bond motifs is 1. The normalized spacial score (nSPS) is 18.2. The highest BCUT2D eigenvalue weighted by molar-refractivity contribution is 6.03. The number of carbonyl (C=O) groups excluding carboxylic acids is 4. The summed E-state index contributed by atoms with van der Waals surface area (Å²) in [6.45, 7) is 6.53. The lowest BCUT2D eigenvalue weighted by Crippen LogP contribution is -2.58. The summed E-state index contributed by atoms with van der Waals surface area (Å²) in [5.74, 6) is -0.778. The number of nitrogens with zero attached hydrogens (tertiary/aromatic N) is 4. The van der Waals surface area contributed by atoms with E-state index in [0.717, 1.165) is 25.7 Å². The number of rotatable bonds is 10. The molecule has 0 bridgehead atoms. The molecule has 2 fully saturated rings. The van der Waals surface area contributed by atoms with Crippen LogP contribution in [-0.2, 0) is 14.4 Å². The van der Waals surface area contributed by atoms with Gasteiger partial charge in [0.15, 0.2) is 0 Å². The number of amides is 4. The molecule has 1 saturated carbocycles. The molecule has 11 nitrogen and oxygen atoms in total. The second kappa shape index (κ2) is 13.0. The van der Waals surface area contributed by atoms with E-state index in [9.17, 15) is 24.4 Å². The predicted octanol–water partition coefficient (Wildman–Crippen LogP) is 3.47. The van der Waals surface area contributed by atoms with E-state index < -0.39 is 17.4 Å². The van der Waals surface area contributed by atoms with Crippen molar-refractivity contribution >= 4 is 35.0 Å². The molecule has 0 spiro atoms. The van der Waals surface area contributed by atoms with Gasteiger partial charge in [-0.25, -0.2) is 5.06 Å². The molecule has 41 heavy (non-hydrogen) atoms. The topological polar surface area (TPSA) is 136 Å². The zero-order valence-corrected chi connectivity index (χ0v) is 24.5. The molecule has 1 aromatic carbocycles. The summed E-state index contributed by atoms with van der Waals surface area (Å²) in [6, 6.07) is 6.40. The average Bonchev–Trinajstić information content (AvgIpc) is 3.64. The quantitative estimate of drug-likeness (QED) is 0.254. The zero-order valence-electron chi connectivity index (χ0n) is 24.5. The number of hydrogen-bond acceptors (Lipinski definition) is 7. The van der Waals surface area contributed by atoms with Gasteiger partial charge >= 0.3 is 0 Å². The van der Waals surface area contributed by atoms with Gasteiger partial charge in [-0.15, -0.1) is 0 Å². The Hall–Kier alpha value is -3.47. The Morgan fingerprint density at radius 3 is 2.44 bits per heavy atom. The Labute approximate surface area is 241 Å². The number of hydroxylamine groups is 2. The van der Waals surface area contributed by atoms with Gasteiger partial charge in [0.05, 0.1) is 17.8 Å². The van der Waals surface area contributed by atoms with Crippen molar-refractivity contribution in [3.05, 3.63) is 30.0 Å². The van der Waals surface area contributed by atoms with Gasteiger partial charge < -0.3 is 19.6 Å². The van der Waals surface area contributed by atoms with Crippen LogP contribution in [0.15, 0.2) is 28.8 Å². The first-order valence-electron chi connectivity index (χ1n) is 14.6. The van der Waals surface area contributed by atoms with Gasteiger partial charge in [0, 0.05) is 26.2 Å². The monoisotopic (exact) mass is 569 g/mol. The van der Waals surface area contributed by atoms with Crippen molar-refractivity contribution in [2.75, 3.05) is 26.7 Å². The zero-order chi connectivity index (χ0) is 29.7. The highest BCUT2D eigenvalue weighted by atomic mass is 16.5. The molecule has 2 atom stereocenters. The highest BCUT2D eigenvalue weighted by Crippen LogP contribution is 2.31. The van der Waals surface area contributed by atoms with Crippen molar-refractivity contribution in [3.63, 3.8) is 0 Å². The minimum Gasteiger partial charge on any atom is -0.350 e. The van der Waals surface area contributed by atoms with Gasteiger partial charge in [0.1, 0.15) is 11.6 Å². The Morgan fingerprint density at radius 2 is 1.80 bits per heavy atom. The number of aromatic nitrogens is 1. The number of likely N-dealkylation sites (tertiary alicyclic amines) is 1. The van der Waals surface area contributed by atoms with E-state index in [-0.39, 0.29) is 36.1 Å². The maximum Gasteiger partial charge on any atom is 0.293 e. The fourth-order valence-corrected chi connectivity index (χ4v) is 6.12. The van der Waals surface area contributed by atoms with Crippen LogP contribution < -0.4 is 5.32 Å². The molecule has 4 amide bonds. The summed E-state index contributed by atoms with van der Waals surface area (Å²) < 4.78 is 5.36. The molecule has 2 heterocycles. The third-order valence-corrected chi connectivity index (χ3v) is 8.62. The first-order chi connectivity index (χ1) is 19.5. The Kier molecular flexibility index (Phi) is 9.68. The number of likely N-dealkylation sites (N-methyl/N-ethyl adjacent to an activating group) is 1. The van der Waals surface area contributed by atoms with Crippen LogP contribution in [0.4, 0.5) is 0 Å². The van der Waals surface area contributed by atoms with E-state index >= 15 is 0 Å². The smallest absolute Gasteiger partial charge is 0.293 e. The third-order valence-electron chi connectivity index (χ3n) is 8.62. The van der Waals surface area contributed by atoms with Crippen molar-refractivity contribution in [2.45, 2.75) is 77.8 Å². The fourth-order valence-electron chi connectivity index (χ4n) is 6.12. The largest absolute Gasteiger partial charge is 0.350 e. The van der Waals surface area contributed by atoms with E-state index in [1.807, 2.05) is 39.0 Å². The average molecular weight is 570 g/mol. The van der Waals surface area contributed by atoms with Crippen LogP contribution in [0.25, 0.3) is 10.9 Å². The molecule has 4 rings (SSSR count). The molecule has 1 aliphatic heterocycles. The molecule has 1 aromatic heterocycles. The summed E-state index contributed by atoms with van der Waals surface area (Å²) in [5.41, 5.74) is 0.0571. The maximum atomic E-state index is 13.8. The number of hydrogen-bond donors (Lipinski definition) is 2. The highest BCUT2D eigenvalue weighted by Gasteiger charge is 2.39. The van der Waals surface area contributed by atoms with E-state index in [0.29, 0.717) is 60.6 Å². The lowest BCUT2D eigenvalue weighted by Gasteiger charge is -2.40. The molecule has 11 heteroatoms. The van der Waals surface area contributed by atoms with Crippen molar-refractivity contribution in [1.82, 2.24) is 25.3 Å². The van der Waals surface area contributed by atoms with Crippen molar-refractivity contribution < 1.29 is 28.9 Å². The molecule has 2 aliphatic rings. The molecule has 1 saturated heterocycles. The van der Waals surface area contributed by atoms with E-state index in [1.165, 1.54) is 0 Å². The van der Waals surface area contributed by atoms with E-state index in [2.05, 4.69) is 10.5 Å². The van der Waals surface area contributed by atoms with Crippen LogP contribution in [0.2, 0.25) is 0 Å². The van der Waals surface area contributed by atoms with Crippen molar-refractivity contribution in [2.24, 2.45) is 17.3 Å². The molecule has 224 valence electrons. The predicted molar refractivity (Wildman–Crippen MR) is 152 cm³/mol. The Morgan fingerprint density at radius 1 is 1.15 bits per heavy atom. The lowest BCUT2D eigenvalue weighted by atomic mass is 9.84. The maximum absolute atomic E-state index is 13.8. The minimum atomic E-state index is -0.797. The molecular formula is C30H43N5O6. The van der Waals surface area contributed by atoms with Gasteiger partial charge in [0.25, 0.3) is 5.91 Å². The van der Waals surface area contributed by atoms with Gasteiger partial charge in [-0.1, -0.05) is 63.7 Å². The number of benzene rings is 1.